The summed E-state index contributed by atoms with van der Waals surface area (Å²) in [7, 11) is 0. The quantitative estimate of drug-likeness (QED) is 0.394. The molecule has 0 saturated heterocycles. The second kappa shape index (κ2) is 8.12. The minimum absolute atomic E-state index is 0.328. The van der Waals surface area contributed by atoms with Crippen LogP contribution in [0.15, 0.2) is 78.9 Å². The van der Waals surface area contributed by atoms with Crippen LogP contribution in [0.25, 0.3) is 23.1 Å². The molecule has 2 heterocycles. The van der Waals surface area contributed by atoms with E-state index in [-0.39, 0.29) is 11.8 Å². The summed E-state index contributed by atoms with van der Waals surface area (Å²) < 4.78 is 5.48. The molecule has 0 radical (unpaired) electrons. The summed E-state index contributed by atoms with van der Waals surface area (Å²) in [6.45, 7) is 2.45. The third-order valence-electron chi connectivity index (χ3n) is 5.39. The molecule has 1 aromatic heterocycles. The number of para-hydroxylation sites is 1. The molecule has 0 saturated carbocycles. The first-order chi connectivity index (χ1) is 15.7. The highest BCUT2D eigenvalue weighted by Gasteiger charge is 2.40. The van der Waals surface area contributed by atoms with Gasteiger partial charge in [-0.1, -0.05) is 54.6 Å². The zero-order valence-electron chi connectivity index (χ0n) is 17.5. The number of rotatable bonds is 5. The Morgan fingerprint density at radius 2 is 1.50 bits per heavy atom. The van der Waals surface area contributed by atoms with Gasteiger partial charge in [-0.05, 0) is 48.9 Å². The van der Waals surface area contributed by atoms with Crippen molar-refractivity contribution in [2.45, 2.75) is 6.92 Å². The lowest BCUT2D eigenvalue weighted by Gasteiger charge is -2.14. The summed E-state index contributed by atoms with van der Waals surface area (Å²) in [6, 6.07) is 24.1. The minimum atomic E-state index is -0.375. The number of ether oxygens (including phenoxy) is 1. The molecule has 5 nitrogen and oxygen atoms in total. The third kappa shape index (κ3) is 3.34. The van der Waals surface area contributed by atoms with E-state index >= 15 is 0 Å². The predicted octanol–water partition coefficient (Wildman–Crippen LogP) is 5.60. The fourth-order valence-electron chi connectivity index (χ4n) is 3.94. The van der Waals surface area contributed by atoms with Crippen LogP contribution < -0.4 is 9.64 Å². The van der Waals surface area contributed by atoms with E-state index in [4.69, 9.17) is 9.72 Å². The van der Waals surface area contributed by atoms with Crippen molar-refractivity contribution in [1.82, 2.24) is 4.98 Å². The number of hydrogen-bond acceptors (Lipinski definition) is 4. The van der Waals surface area contributed by atoms with Crippen molar-refractivity contribution in [2.24, 2.45) is 0 Å². The van der Waals surface area contributed by atoms with E-state index in [1.807, 2.05) is 67.6 Å². The number of benzene rings is 3. The Morgan fingerprint density at radius 3 is 2.25 bits per heavy atom. The first-order valence-electron chi connectivity index (χ1n) is 10.4. The molecule has 5 rings (SSSR count). The van der Waals surface area contributed by atoms with E-state index in [0.717, 1.165) is 5.56 Å². The Bertz CT molecular complexity index is 1360. The average molecular weight is 420 g/mol. The van der Waals surface area contributed by atoms with Crippen molar-refractivity contribution < 1.29 is 14.3 Å². The van der Waals surface area contributed by atoms with Crippen LogP contribution in [0.2, 0.25) is 0 Å². The van der Waals surface area contributed by atoms with Gasteiger partial charge in [-0.15, -0.1) is 0 Å². The molecule has 3 aromatic carbocycles. The molecule has 4 aromatic rings. The van der Waals surface area contributed by atoms with E-state index in [0.29, 0.717) is 45.8 Å². The Morgan fingerprint density at radius 1 is 0.812 bits per heavy atom. The first-order valence-corrected chi connectivity index (χ1v) is 10.4. The largest absolute Gasteiger partial charge is 0.494 e. The molecule has 0 unspecified atom stereocenters. The lowest BCUT2D eigenvalue weighted by molar-refractivity contribution is 0.0926. The number of carbonyl (C=O) groups is 2. The van der Waals surface area contributed by atoms with Gasteiger partial charge in [0.05, 0.1) is 34.6 Å². The van der Waals surface area contributed by atoms with Crippen LogP contribution in [0, 0.1) is 0 Å². The molecule has 0 aliphatic carbocycles. The zero-order valence-corrected chi connectivity index (χ0v) is 17.5. The van der Waals surface area contributed by atoms with E-state index in [2.05, 4.69) is 0 Å². The third-order valence-corrected chi connectivity index (χ3v) is 5.39. The fourth-order valence-corrected chi connectivity index (χ4v) is 3.94. The highest BCUT2D eigenvalue weighted by molar-refractivity contribution is 6.38. The van der Waals surface area contributed by atoms with E-state index in [1.165, 1.54) is 4.90 Å². The summed E-state index contributed by atoms with van der Waals surface area (Å²) in [6.07, 6.45) is 3.70. The maximum atomic E-state index is 13.5. The molecule has 5 heteroatoms. The second-order valence-corrected chi connectivity index (χ2v) is 7.38. The second-order valence-electron chi connectivity index (χ2n) is 7.38. The molecule has 0 fully saturated rings. The summed E-state index contributed by atoms with van der Waals surface area (Å²) in [5.41, 5.74) is 3.36. The molecule has 32 heavy (non-hydrogen) atoms. The van der Waals surface area contributed by atoms with Crippen LogP contribution in [-0.4, -0.2) is 23.4 Å². The first kappa shape index (κ1) is 19.7. The maximum absolute atomic E-state index is 13.5. The van der Waals surface area contributed by atoms with Crippen molar-refractivity contribution in [3.05, 3.63) is 101 Å². The highest BCUT2D eigenvalue weighted by Crippen LogP contribution is 2.35. The number of hydrogen-bond donors (Lipinski definition) is 0. The zero-order chi connectivity index (χ0) is 22.1. The van der Waals surface area contributed by atoms with Gasteiger partial charge < -0.3 is 4.74 Å². The molecule has 0 spiro atoms. The molecular weight excluding hydrogens is 400 g/mol. The van der Waals surface area contributed by atoms with Gasteiger partial charge in [-0.2, -0.15) is 0 Å². The van der Waals surface area contributed by atoms with Crippen molar-refractivity contribution in [3.8, 4) is 5.75 Å². The van der Waals surface area contributed by atoms with Crippen LogP contribution in [0.4, 0.5) is 5.69 Å². The van der Waals surface area contributed by atoms with Gasteiger partial charge in [0.1, 0.15) is 5.75 Å². The summed E-state index contributed by atoms with van der Waals surface area (Å²) in [5, 5.41) is 0.672. The molecule has 1 aliphatic rings. The number of imide groups is 1. The van der Waals surface area contributed by atoms with E-state index in [9.17, 15) is 9.59 Å². The Labute approximate surface area is 185 Å². The van der Waals surface area contributed by atoms with Crippen molar-refractivity contribution in [3.63, 3.8) is 0 Å². The van der Waals surface area contributed by atoms with E-state index in [1.54, 1.807) is 30.3 Å². The lowest BCUT2D eigenvalue weighted by Crippen LogP contribution is -2.29. The van der Waals surface area contributed by atoms with Gasteiger partial charge in [0, 0.05) is 5.39 Å². The molecule has 0 N–H and O–H groups in total. The SMILES string of the molecule is CCOc1ccc(N2C(=O)c3c(C=Cc4ccccc4)nc4ccccc4c3C2=O)cc1. The Balaban J connectivity index is 1.64. The summed E-state index contributed by atoms with van der Waals surface area (Å²) >= 11 is 0. The van der Waals surface area contributed by atoms with Crippen LogP contribution in [0.3, 0.4) is 0 Å². The van der Waals surface area contributed by atoms with Crippen LogP contribution in [0.1, 0.15) is 38.9 Å². The van der Waals surface area contributed by atoms with Gasteiger partial charge >= 0.3 is 0 Å². The van der Waals surface area contributed by atoms with Crippen LogP contribution in [-0.2, 0) is 0 Å². The molecule has 1 aliphatic heterocycles. The molecular formula is C27H20N2O3. The summed E-state index contributed by atoms with van der Waals surface area (Å²) in [4.78, 5) is 32.9. The van der Waals surface area contributed by atoms with Crippen LogP contribution >= 0.6 is 0 Å². The predicted molar refractivity (Wildman–Crippen MR) is 126 cm³/mol. The fraction of sp³-hybridized carbons (Fsp3) is 0.0741. The number of nitrogens with zero attached hydrogens (tertiary/aromatic N) is 2. The smallest absolute Gasteiger partial charge is 0.268 e. The van der Waals surface area contributed by atoms with Crippen LogP contribution in [0.5, 0.6) is 5.75 Å². The number of fused-ring (bicyclic) bond motifs is 3. The molecule has 0 bridgehead atoms. The van der Waals surface area contributed by atoms with Crippen molar-refractivity contribution >= 4 is 40.6 Å². The lowest BCUT2D eigenvalue weighted by atomic mass is 10.0. The van der Waals surface area contributed by atoms with Gasteiger partial charge in [-0.3, -0.25) is 9.59 Å². The van der Waals surface area contributed by atoms with E-state index < -0.39 is 0 Å². The topological polar surface area (TPSA) is 59.5 Å². The molecule has 156 valence electrons. The summed E-state index contributed by atoms with van der Waals surface area (Å²) in [5.74, 6) is -0.0336. The van der Waals surface area contributed by atoms with Gasteiger partial charge in [0.25, 0.3) is 11.8 Å². The number of pyridine rings is 1. The standard InChI is InChI=1S/C27H20N2O3/c1-2-32-20-15-13-19(14-16-20)29-26(30)24-21-10-6-7-11-22(21)28-23(25(24)27(29)31)17-12-18-8-4-3-5-9-18/h3-17H,2H2,1H3. The van der Waals surface area contributed by atoms with Gasteiger partial charge in [0.15, 0.2) is 0 Å². The monoisotopic (exact) mass is 420 g/mol. The number of carbonyl (C=O) groups excluding carboxylic acids is 2. The molecule has 0 atom stereocenters. The number of amides is 2. The Kier molecular flexibility index (Phi) is 5.00. The van der Waals surface area contributed by atoms with Gasteiger partial charge in [0.2, 0.25) is 0 Å². The minimum Gasteiger partial charge on any atom is -0.494 e. The van der Waals surface area contributed by atoms with Gasteiger partial charge in [-0.25, -0.2) is 9.88 Å². The normalized spacial score (nSPS) is 13.2. The Hall–Kier alpha value is -4.25. The average Bonchev–Trinajstić information content (AvgIpc) is 3.10. The molecule has 2 amide bonds. The number of aromatic nitrogens is 1. The number of anilines is 1. The van der Waals surface area contributed by atoms with Crippen molar-refractivity contribution in [2.75, 3.05) is 11.5 Å². The van der Waals surface area contributed by atoms with Crippen molar-refractivity contribution in [1.29, 1.82) is 0 Å². The highest BCUT2D eigenvalue weighted by atomic mass is 16.5. The maximum Gasteiger partial charge on any atom is 0.268 e.